The number of amides is 1. The van der Waals surface area contributed by atoms with Gasteiger partial charge in [0.2, 0.25) is 5.96 Å². The van der Waals surface area contributed by atoms with E-state index in [1.54, 1.807) is 0 Å². The van der Waals surface area contributed by atoms with Crippen LogP contribution in [0.3, 0.4) is 0 Å². The normalized spacial score (nSPS) is 15.3. The van der Waals surface area contributed by atoms with Crippen LogP contribution in [0.1, 0.15) is 41.3 Å². The van der Waals surface area contributed by atoms with Crippen LogP contribution in [0, 0.1) is 6.92 Å². The van der Waals surface area contributed by atoms with Crippen molar-refractivity contribution in [2.45, 2.75) is 26.7 Å². The number of ether oxygens (including phenoxy) is 1. The van der Waals surface area contributed by atoms with E-state index in [4.69, 9.17) is 4.74 Å². The van der Waals surface area contributed by atoms with E-state index in [2.05, 4.69) is 46.5 Å². The van der Waals surface area contributed by atoms with Gasteiger partial charge in [0, 0.05) is 30.9 Å². The Balaban J connectivity index is 1.71. The van der Waals surface area contributed by atoms with E-state index in [1.807, 2.05) is 43.3 Å². The monoisotopic (exact) mass is 408 g/mol. The number of aryl methyl sites for hydroxylation is 1. The zero-order valence-corrected chi connectivity index (χ0v) is 18.1. The van der Waals surface area contributed by atoms with Gasteiger partial charge in [-0.15, -0.1) is 0 Å². The lowest BCUT2D eigenvalue weighted by molar-refractivity contribution is 0.0394. The number of nitrogens with zero attached hydrogens (tertiary/aromatic N) is 2. The van der Waals surface area contributed by atoms with E-state index in [9.17, 15) is 4.79 Å². The van der Waals surface area contributed by atoms with Crippen LogP contribution < -0.4 is 10.6 Å². The summed E-state index contributed by atoms with van der Waals surface area (Å²) >= 11 is 0. The lowest BCUT2D eigenvalue weighted by Crippen LogP contribution is -2.39. The van der Waals surface area contributed by atoms with Crippen molar-refractivity contribution in [1.29, 1.82) is 0 Å². The first kappa shape index (κ1) is 22.0. The molecule has 0 unspecified atom stereocenters. The second kappa shape index (κ2) is 10.9. The van der Waals surface area contributed by atoms with Crippen molar-refractivity contribution < 1.29 is 9.53 Å². The lowest BCUT2D eigenvalue weighted by Gasteiger charge is -2.25. The second-order valence-electron chi connectivity index (χ2n) is 7.91. The molecule has 1 fully saturated rings. The van der Waals surface area contributed by atoms with Crippen LogP contribution >= 0.6 is 0 Å². The van der Waals surface area contributed by atoms with E-state index in [0.29, 0.717) is 24.0 Å². The first-order valence-electron chi connectivity index (χ1n) is 10.6. The minimum Gasteiger partial charge on any atom is -0.379 e. The molecule has 30 heavy (non-hydrogen) atoms. The van der Waals surface area contributed by atoms with Crippen molar-refractivity contribution in [2.75, 3.05) is 44.7 Å². The Morgan fingerprint density at radius 2 is 1.87 bits per heavy atom. The van der Waals surface area contributed by atoms with Gasteiger partial charge in [0.1, 0.15) is 0 Å². The van der Waals surface area contributed by atoms with Gasteiger partial charge in [-0.2, -0.15) is 0 Å². The van der Waals surface area contributed by atoms with Gasteiger partial charge in [-0.25, -0.2) is 0 Å². The third kappa shape index (κ3) is 6.68. The van der Waals surface area contributed by atoms with Crippen LogP contribution in [0.4, 0.5) is 5.69 Å². The number of hydrogen-bond acceptors (Lipinski definition) is 4. The molecule has 3 rings (SSSR count). The summed E-state index contributed by atoms with van der Waals surface area (Å²) in [6.45, 7) is 11.1. The molecule has 0 spiro atoms. The molecule has 2 N–H and O–H groups in total. The molecule has 1 aliphatic heterocycles. The van der Waals surface area contributed by atoms with Crippen molar-refractivity contribution in [3.8, 4) is 0 Å². The maximum Gasteiger partial charge on any atom is 0.257 e. The highest BCUT2D eigenvalue weighted by Gasteiger charge is 2.12. The average molecular weight is 409 g/mol. The molecule has 1 amide bonds. The van der Waals surface area contributed by atoms with E-state index < -0.39 is 0 Å². The minimum atomic E-state index is -0.173. The van der Waals surface area contributed by atoms with Gasteiger partial charge in [0.15, 0.2) is 0 Å². The number of benzene rings is 2. The number of guanidine groups is 1. The Morgan fingerprint density at radius 3 is 2.57 bits per heavy atom. The van der Waals surface area contributed by atoms with Crippen LogP contribution in [-0.4, -0.2) is 56.2 Å². The summed E-state index contributed by atoms with van der Waals surface area (Å²) in [5.41, 5.74) is 3.88. The maximum atomic E-state index is 12.7. The van der Waals surface area contributed by atoms with E-state index in [-0.39, 0.29) is 5.91 Å². The van der Waals surface area contributed by atoms with Crippen molar-refractivity contribution >= 4 is 17.6 Å². The van der Waals surface area contributed by atoms with Gasteiger partial charge >= 0.3 is 0 Å². The first-order valence-corrected chi connectivity index (χ1v) is 10.6. The molecule has 0 bridgehead atoms. The molecule has 1 aliphatic rings. The standard InChI is InChI=1S/C24H32N4O2/c1-18(2)21-5-4-6-22(17-21)26-24(25-11-12-28-13-15-30-16-14-28)27-23(29)20-9-7-19(3)8-10-20/h4-10,17-18H,11-16H2,1-3H3,(H2,25,26,27,29). The minimum absolute atomic E-state index is 0.173. The van der Waals surface area contributed by atoms with Gasteiger partial charge < -0.3 is 10.1 Å². The molecular weight excluding hydrogens is 376 g/mol. The Kier molecular flexibility index (Phi) is 7.99. The smallest absolute Gasteiger partial charge is 0.257 e. The number of nitrogens with one attached hydrogen (secondary N) is 2. The van der Waals surface area contributed by atoms with Crippen molar-refractivity contribution in [3.05, 3.63) is 65.2 Å². The molecule has 0 aromatic heterocycles. The number of carbonyl (C=O) groups excluding carboxylic acids is 1. The lowest BCUT2D eigenvalue weighted by atomic mass is 10.0. The van der Waals surface area contributed by atoms with E-state index in [0.717, 1.165) is 44.1 Å². The summed E-state index contributed by atoms with van der Waals surface area (Å²) in [6.07, 6.45) is 0. The highest BCUT2D eigenvalue weighted by Crippen LogP contribution is 2.18. The van der Waals surface area contributed by atoms with Gasteiger partial charge in [-0.1, -0.05) is 43.7 Å². The Morgan fingerprint density at radius 1 is 1.13 bits per heavy atom. The summed E-state index contributed by atoms with van der Waals surface area (Å²) in [5, 5.41) is 6.24. The topological polar surface area (TPSA) is 66.0 Å². The fraction of sp³-hybridized carbons (Fsp3) is 0.417. The molecule has 6 nitrogen and oxygen atoms in total. The molecule has 160 valence electrons. The van der Waals surface area contributed by atoms with Gasteiger partial charge in [-0.3, -0.25) is 20.0 Å². The third-order valence-corrected chi connectivity index (χ3v) is 5.15. The van der Waals surface area contributed by atoms with E-state index >= 15 is 0 Å². The zero-order chi connectivity index (χ0) is 21.3. The number of morpholine rings is 1. The summed E-state index contributed by atoms with van der Waals surface area (Å²) < 4.78 is 5.40. The molecule has 0 atom stereocenters. The fourth-order valence-corrected chi connectivity index (χ4v) is 3.24. The zero-order valence-electron chi connectivity index (χ0n) is 18.1. The predicted octanol–water partition coefficient (Wildman–Crippen LogP) is 3.65. The average Bonchev–Trinajstić information content (AvgIpc) is 2.75. The quantitative estimate of drug-likeness (QED) is 0.566. The highest BCUT2D eigenvalue weighted by molar-refractivity contribution is 6.10. The van der Waals surface area contributed by atoms with Crippen LogP contribution in [0.5, 0.6) is 0 Å². The summed E-state index contributed by atoms with van der Waals surface area (Å²) in [6, 6.07) is 15.7. The largest absolute Gasteiger partial charge is 0.379 e. The number of carbonyl (C=O) groups is 1. The van der Waals surface area contributed by atoms with Gasteiger partial charge in [0.05, 0.1) is 19.8 Å². The fourth-order valence-electron chi connectivity index (χ4n) is 3.24. The molecule has 6 heteroatoms. The first-order chi connectivity index (χ1) is 14.5. The highest BCUT2D eigenvalue weighted by atomic mass is 16.5. The molecular formula is C24H32N4O2. The Bertz CT molecular complexity index is 856. The van der Waals surface area contributed by atoms with Gasteiger partial charge in [-0.05, 0) is 42.7 Å². The van der Waals surface area contributed by atoms with Crippen LogP contribution in [0.15, 0.2) is 53.5 Å². The molecule has 1 saturated heterocycles. The third-order valence-electron chi connectivity index (χ3n) is 5.15. The number of hydrogen-bond donors (Lipinski definition) is 2. The molecule has 0 saturated carbocycles. The number of rotatable bonds is 6. The molecule has 0 radical (unpaired) electrons. The van der Waals surface area contributed by atoms with Crippen molar-refractivity contribution in [3.63, 3.8) is 0 Å². The second-order valence-corrected chi connectivity index (χ2v) is 7.91. The van der Waals surface area contributed by atoms with Crippen molar-refractivity contribution in [2.24, 2.45) is 4.99 Å². The number of anilines is 1. The maximum absolute atomic E-state index is 12.7. The Labute approximate surface area is 179 Å². The molecule has 0 aliphatic carbocycles. The summed E-state index contributed by atoms with van der Waals surface area (Å²) in [7, 11) is 0. The van der Waals surface area contributed by atoms with Crippen LogP contribution in [0.25, 0.3) is 0 Å². The molecule has 1 heterocycles. The van der Waals surface area contributed by atoms with Gasteiger partial charge in [0.25, 0.3) is 5.91 Å². The molecule has 2 aromatic carbocycles. The predicted molar refractivity (Wildman–Crippen MR) is 122 cm³/mol. The Hall–Kier alpha value is -2.70. The SMILES string of the molecule is Cc1ccc(C(=O)NC(=NCCN2CCOCC2)Nc2cccc(C(C)C)c2)cc1. The summed E-state index contributed by atoms with van der Waals surface area (Å²) in [5.74, 6) is 0.720. The number of aliphatic imine (C=N–C) groups is 1. The van der Waals surface area contributed by atoms with Crippen LogP contribution in [0.2, 0.25) is 0 Å². The van der Waals surface area contributed by atoms with E-state index in [1.165, 1.54) is 5.56 Å². The van der Waals surface area contributed by atoms with Crippen LogP contribution in [-0.2, 0) is 4.74 Å². The molecule has 2 aromatic rings. The summed E-state index contributed by atoms with van der Waals surface area (Å²) in [4.78, 5) is 19.7. The van der Waals surface area contributed by atoms with Crippen molar-refractivity contribution in [1.82, 2.24) is 10.2 Å².